The van der Waals surface area contributed by atoms with E-state index in [2.05, 4.69) is 92.1 Å². The zero-order chi connectivity index (χ0) is 56.0. The van der Waals surface area contributed by atoms with Gasteiger partial charge in [0.05, 0.1) is 32.0 Å². The fourth-order valence-corrected chi connectivity index (χ4v) is 9.77. The number of hydrogen-bond donors (Lipinski definition) is 9. The van der Waals surface area contributed by atoms with Crippen molar-refractivity contribution in [2.24, 2.45) is 0 Å². The molecule has 0 spiro atoms. The first-order valence-electron chi connectivity index (χ1n) is 30.7. The molecule has 12 atom stereocenters. The Hall–Kier alpha value is -2.57. The lowest BCUT2D eigenvalue weighted by Gasteiger charge is -2.46. The minimum Gasteiger partial charge on any atom is -0.394 e. The molecule has 0 saturated carbocycles. The second kappa shape index (κ2) is 48.2. The number of ether oxygens (including phenoxy) is 4. The highest BCUT2D eigenvalue weighted by atomic mass is 16.7. The molecule has 12 unspecified atom stereocenters. The van der Waals surface area contributed by atoms with E-state index in [9.17, 15) is 45.6 Å². The van der Waals surface area contributed by atoms with Crippen molar-refractivity contribution < 1.29 is 64.6 Å². The summed E-state index contributed by atoms with van der Waals surface area (Å²) in [4.78, 5) is 13.3. The smallest absolute Gasteiger partial charge is 0.220 e. The van der Waals surface area contributed by atoms with Crippen molar-refractivity contribution in [1.82, 2.24) is 5.32 Å². The predicted molar refractivity (Wildman–Crippen MR) is 309 cm³/mol. The molecule has 446 valence electrons. The standard InChI is InChI=1S/C63H111NO13/c1-3-5-7-9-11-13-15-17-19-21-22-23-24-25-26-27-28-29-30-31-33-35-37-39-41-43-45-47-55(68)64-51(52(67)46-44-42-40-38-36-34-32-20-18-16-14-12-10-8-6-4-2)50-74-62-60(73)58(71)61(54(49-66)76-62)77-63-59(72)57(70)56(69)53(48-65)75-63/h5,7,11,13,17,19,22-23,25-26,28-29,51-54,56-63,65-67,69-73H,3-4,6,8-10,12,14-16,18,20-21,24,27,30-50H2,1-2H3,(H,64,68)/b7-5-,13-11-,19-17-,23-22-,26-25-,29-28-. The third-order valence-corrected chi connectivity index (χ3v) is 14.7. The molecule has 0 bridgehead atoms. The van der Waals surface area contributed by atoms with Crippen LogP contribution >= 0.6 is 0 Å². The number of hydrogen-bond acceptors (Lipinski definition) is 13. The number of unbranched alkanes of at least 4 members (excludes halogenated alkanes) is 23. The van der Waals surface area contributed by atoms with Gasteiger partial charge in [0.15, 0.2) is 12.6 Å². The summed E-state index contributed by atoms with van der Waals surface area (Å²) in [6, 6.07) is -0.838. The van der Waals surface area contributed by atoms with Gasteiger partial charge in [-0.15, -0.1) is 0 Å². The van der Waals surface area contributed by atoms with Crippen molar-refractivity contribution in [3.63, 3.8) is 0 Å². The van der Waals surface area contributed by atoms with Crippen LogP contribution in [0.4, 0.5) is 0 Å². The number of carbonyl (C=O) groups excluding carboxylic acids is 1. The molecule has 2 heterocycles. The second-order valence-corrected chi connectivity index (χ2v) is 21.5. The summed E-state index contributed by atoms with van der Waals surface area (Å²) in [7, 11) is 0. The van der Waals surface area contributed by atoms with Crippen LogP contribution in [0.2, 0.25) is 0 Å². The Morgan fingerprint density at radius 3 is 1.38 bits per heavy atom. The van der Waals surface area contributed by atoms with E-state index in [-0.39, 0.29) is 12.5 Å². The summed E-state index contributed by atoms with van der Waals surface area (Å²) >= 11 is 0. The monoisotopic (exact) mass is 1090 g/mol. The minimum atomic E-state index is -1.79. The molecule has 0 aromatic heterocycles. The number of rotatable bonds is 48. The van der Waals surface area contributed by atoms with Gasteiger partial charge in [0.1, 0.15) is 48.8 Å². The molecular weight excluding hydrogens is 979 g/mol. The molecule has 0 radical (unpaired) electrons. The first-order chi connectivity index (χ1) is 37.6. The molecule has 77 heavy (non-hydrogen) atoms. The Balaban J connectivity index is 1.73. The highest BCUT2D eigenvalue weighted by Gasteiger charge is 2.51. The summed E-state index contributed by atoms with van der Waals surface area (Å²) in [5.41, 5.74) is 0. The van der Waals surface area contributed by atoms with Gasteiger partial charge in [0.25, 0.3) is 0 Å². The van der Waals surface area contributed by atoms with Crippen LogP contribution in [0, 0.1) is 0 Å². The Morgan fingerprint density at radius 2 is 0.896 bits per heavy atom. The van der Waals surface area contributed by atoms with Crippen molar-refractivity contribution in [2.75, 3.05) is 19.8 Å². The Labute approximate surface area is 466 Å². The third-order valence-electron chi connectivity index (χ3n) is 14.7. The normalized spacial score (nSPS) is 25.2. The van der Waals surface area contributed by atoms with Crippen LogP contribution in [0.25, 0.3) is 0 Å². The quantitative estimate of drug-likeness (QED) is 0.0204. The molecule has 9 N–H and O–H groups in total. The van der Waals surface area contributed by atoms with Gasteiger partial charge in [-0.3, -0.25) is 4.79 Å². The molecule has 1 amide bonds. The maximum Gasteiger partial charge on any atom is 0.220 e. The zero-order valence-corrected chi connectivity index (χ0v) is 47.9. The van der Waals surface area contributed by atoms with E-state index in [1.54, 1.807) is 0 Å². The highest BCUT2D eigenvalue weighted by Crippen LogP contribution is 2.30. The Kier molecular flexibility index (Phi) is 44.1. The van der Waals surface area contributed by atoms with Gasteiger partial charge < -0.3 is 65.1 Å². The summed E-state index contributed by atoms with van der Waals surface area (Å²) in [5, 5.41) is 87.3. The molecule has 0 aromatic carbocycles. The number of nitrogens with one attached hydrogen (secondary N) is 1. The molecule has 2 aliphatic rings. The van der Waals surface area contributed by atoms with E-state index >= 15 is 0 Å². The van der Waals surface area contributed by atoms with Crippen LogP contribution in [0.1, 0.15) is 226 Å². The molecule has 2 aliphatic heterocycles. The summed E-state index contributed by atoms with van der Waals surface area (Å²) in [6.07, 6.45) is 46.0. The van der Waals surface area contributed by atoms with E-state index in [0.717, 1.165) is 89.9 Å². The molecular formula is C63H111NO13. The highest BCUT2D eigenvalue weighted by molar-refractivity contribution is 5.76. The van der Waals surface area contributed by atoms with Gasteiger partial charge in [-0.25, -0.2) is 0 Å². The van der Waals surface area contributed by atoms with Crippen molar-refractivity contribution in [1.29, 1.82) is 0 Å². The fraction of sp³-hybridized carbons (Fsp3) is 0.794. The lowest BCUT2D eigenvalue weighted by molar-refractivity contribution is -0.359. The van der Waals surface area contributed by atoms with Gasteiger partial charge in [-0.05, 0) is 64.2 Å². The van der Waals surface area contributed by atoms with E-state index in [1.165, 1.54) is 103 Å². The van der Waals surface area contributed by atoms with Crippen LogP contribution in [0.5, 0.6) is 0 Å². The van der Waals surface area contributed by atoms with Crippen LogP contribution in [-0.2, 0) is 23.7 Å². The number of amides is 1. The van der Waals surface area contributed by atoms with Crippen LogP contribution < -0.4 is 5.32 Å². The predicted octanol–water partition coefficient (Wildman–Crippen LogP) is 10.7. The summed E-state index contributed by atoms with van der Waals surface area (Å²) in [5.74, 6) is -0.217. The zero-order valence-electron chi connectivity index (χ0n) is 47.9. The molecule has 14 heteroatoms. The topological polar surface area (TPSA) is 228 Å². The largest absolute Gasteiger partial charge is 0.394 e. The second-order valence-electron chi connectivity index (χ2n) is 21.5. The van der Waals surface area contributed by atoms with Gasteiger partial charge in [0.2, 0.25) is 5.91 Å². The molecule has 0 aliphatic carbocycles. The maximum absolute atomic E-state index is 13.3. The van der Waals surface area contributed by atoms with Crippen molar-refractivity contribution in [3.8, 4) is 0 Å². The lowest BCUT2D eigenvalue weighted by Crippen LogP contribution is -2.65. The average Bonchev–Trinajstić information content (AvgIpc) is 3.43. The van der Waals surface area contributed by atoms with Crippen LogP contribution in [-0.4, -0.2) is 140 Å². The average molecular weight is 1090 g/mol. The fourth-order valence-electron chi connectivity index (χ4n) is 9.77. The van der Waals surface area contributed by atoms with E-state index in [0.29, 0.717) is 19.3 Å². The van der Waals surface area contributed by atoms with Crippen LogP contribution in [0.3, 0.4) is 0 Å². The van der Waals surface area contributed by atoms with E-state index in [1.807, 2.05) is 0 Å². The lowest BCUT2D eigenvalue weighted by atomic mass is 9.97. The van der Waals surface area contributed by atoms with Crippen molar-refractivity contribution >= 4 is 5.91 Å². The van der Waals surface area contributed by atoms with E-state index < -0.39 is 86.8 Å². The summed E-state index contributed by atoms with van der Waals surface area (Å²) in [6.45, 7) is 2.74. The molecule has 14 nitrogen and oxygen atoms in total. The number of carbonyl (C=O) groups is 1. The van der Waals surface area contributed by atoms with Gasteiger partial charge in [0, 0.05) is 6.42 Å². The first-order valence-corrected chi connectivity index (χ1v) is 30.7. The SMILES string of the molecule is CC/C=C\C/C=C\C/C=C\C/C=C\C/C=C\C/C=C\CCCCCCCCCCC(=O)NC(COC1OC(CO)C(OC2OC(CO)C(O)C(O)C2O)C(O)C1O)C(O)CCCCCCCCCCCCCCCCCC. The summed E-state index contributed by atoms with van der Waals surface area (Å²) < 4.78 is 22.8. The Bertz CT molecular complexity index is 1570. The molecule has 2 fully saturated rings. The first kappa shape index (κ1) is 70.5. The molecule has 2 saturated heterocycles. The van der Waals surface area contributed by atoms with Crippen molar-refractivity contribution in [3.05, 3.63) is 72.9 Å². The van der Waals surface area contributed by atoms with E-state index in [4.69, 9.17) is 18.9 Å². The van der Waals surface area contributed by atoms with Crippen molar-refractivity contribution in [2.45, 2.75) is 299 Å². The maximum atomic E-state index is 13.3. The van der Waals surface area contributed by atoms with Gasteiger partial charge >= 0.3 is 0 Å². The van der Waals surface area contributed by atoms with Gasteiger partial charge in [-0.1, -0.05) is 228 Å². The minimum absolute atomic E-state index is 0.217. The number of allylic oxidation sites excluding steroid dienone is 12. The number of aliphatic hydroxyl groups is 8. The number of aliphatic hydroxyl groups excluding tert-OH is 8. The van der Waals surface area contributed by atoms with Crippen LogP contribution in [0.15, 0.2) is 72.9 Å². The third kappa shape index (κ3) is 33.7. The molecule has 0 aromatic rings. The molecule has 2 rings (SSSR count). The Morgan fingerprint density at radius 1 is 0.481 bits per heavy atom. The van der Waals surface area contributed by atoms with Gasteiger partial charge in [-0.2, -0.15) is 0 Å².